The summed E-state index contributed by atoms with van der Waals surface area (Å²) >= 11 is 0. The summed E-state index contributed by atoms with van der Waals surface area (Å²) < 4.78 is 14.8. The van der Waals surface area contributed by atoms with Crippen molar-refractivity contribution < 1.29 is 9.18 Å². The summed E-state index contributed by atoms with van der Waals surface area (Å²) in [4.78, 5) is 12.2. The Kier molecular flexibility index (Phi) is 4.13. The van der Waals surface area contributed by atoms with Crippen LogP contribution in [0.3, 0.4) is 0 Å². The van der Waals surface area contributed by atoms with Gasteiger partial charge in [0.15, 0.2) is 0 Å². The Morgan fingerprint density at radius 3 is 2.95 bits per heavy atom. The first-order valence-electron chi connectivity index (χ1n) is 5.89. The van der Waals surface area contributed by atoms with E-state index in [1.165, 1.54) is 16.8 Å². The predicted molar refractivity (Wildman–Crippen MR) is 73.5 cm³/mol. The molecule has 102 valence electrons. The SMILES string of the molecule is Cn1nccc1NC(=O)c1cc(F)ccc1C#CCN. The normalized spacial score (nSPS) is 9.75. The van der Waals surface area contributed by atoms with Crippen molar-refractivity contribution in [1.29, 1.82) is 0 Å². The molecule has 0 fully saturated rings. The number of anilines is 1. The molecular weight excluding hydrogens is 259 g/mol. The number of carbonyl (C=O) groups is 1. The fourth-order valence-corrected chi connectivity index (χ4v) is 1.64. The zero-order valence-corrected chi connectivity index (χ0v) is 10.9. The molecule has 5 nitrogen and oxygen atoms in total. The Morgan fingerprint density at radius 1 is 1.50 bits per heavy atom. The van der Waals surface area contributed by atoms with E-state index in [0.29, 0.717) is 11.4 Å². The molecule has 0 aliphatic rings. The van der Waals surface area contributed by atoms with Crippen molar-refractivity contribution in [2.75, 3.05) is 11.9 Å². The van der Waals surface area contributed by atoms with E-state index in [9.17, 15) is 9.18 Å². The summed E-state index contributed by atoms with van der Waals surface area (Å²) in [5.74, 6) is 4.96. The van der Waals surface area contributed by atoms with Gasteiger partial charge >= 0.3 is 0 Å². The van der Waals surface area contributed by atoms with Gasteiger partial charge < -0.3 is 11.1 Å². The molecule has 0 saturated carbocycles. The number of nitrogens with two attached hydrogens (primary N) is 1. The molecule has 2 aromatic rings. The minimum Gasteiger partial charge on any atom is -0.320 e. The molecule has 1 heterocycles. The maximum atomic E-state index is 13.3. The van der Waals surface area contributed by atoms with Crippen LogP contribution in [0.15, 0.2) is 30.5 Å². The third-order valence-electron chi connectivity index (χ3n) is 2.61. The lowest BCUT2D eigenvalue weighted by Crippen LogP contribution is -2.16. The zero-order chi connectivity index (χ0) is 14.5. The molecule has 0 bridgehead atoms. The number of nitrogens with one attached hydrogen (secondary N) is 1. The Labute approximate surface area is 115 Å². The van der Waals surface area contributed by atoms with Crippen molar-refractivity contribution in [3.63, 3.8) is 0 Å². The second kappa shape index (κ2) is 5.99. The molecule has 0 aliphatic carbocycles. The minimum absolute atomic E-state index is 0.159. The number of rotatable bonds is 2. The predicted octanol–water partition coefficient (Wildman–Crippen LogP) is 1.12. The van der Waals surface area contributed by atoms with Crippen LogP contribution >= 0.6 is 0 Å². The van der Waals surface area contributed by atoms with E-state index < -0.39 is 11.7 Å². The van der Waals surface area contributed by atoms with E-state index >= 15 is 0 Å². The largest absolute Gasteiger partial charge is 0.320 e. The van der Waals surface area contributed by atoms with Crippen molar-refractivity contribution >= 4 is 11.7 Å². The van der Waals surface area contributed by atoms with Crippen LogP contribution in [0.1, 0.15) is 15.9 Å². The summed E-state index contributed by atoms with van der Waals surface area (Å²) in [6.07, 6.45) is 1.55. The first-order valence-corrected chi connectivity index (χ1v) is 5.89. The van der Waals surface area contributed by atoms with Gasteiger partial charge in [0.2, 0.25) is 0 Å². The molecule has 0 unspecified atom stereocenters. The quantitative estimate of drug-likeness (QED) is 0.805. The van der Waals surface area contributed by atoms with Gasteiger partial charge in [-0.2, -0.15) is 5.10 Å². The Balaban J connectivity index is 2.33. The molecule has 0 aliphatic heterocycles. The van der Waals surface area contributed by atoms with Gasteiger partial charge in [0, 0.05) is 18.7 Å². The number of benzene rings is 1. The van der Waals surface area contributed by atoms with Gasteiger partial charge in [-0.25, -0.2) is 4.39 Å². The third-order valence-corrected chi connectivity index (χ3v) is 2.61. The van der Waals surface area contributed by atoms with Crippen LogP contribution in [0.5, 0.6) is 0 Å². The Morgan fingerprint density at radius 2 is 2.30 bits per heavy atom. The third kappa shape index (κ3) is 3.02. The number of hydrogen-bond donors (Lipinski definition) is 2. The van der Waals surface area contributed by atoms with Gasteiger partial charge in [-0.3, -0.25) is 9.48 Å². The summed E-state index contributed by atoms with van der Waals surface area (Å²) in [5, 5.41) is 6.58. The molecule has 0 radical (unpaired) electrons. The van der Waals surface area contributed by atoms with Crippen molar-refractivity contribution in [3.8, 4) is 11.8 Å². The highest BCUT2D eigenvalue weighted by molar-refractivity contribution is 6.05. The number of halogens is 1. The number of nitrogens with zero attached hydrogens (tertiary/aromatic N) is 2. The fraction of sp³-hybridized carbons (Fsp3) is 0.143. The molecule has 6 heteroatoms. The Bertz CT molecular complexity index is 697. The minimum atomic E-state index is -0.501. The van der Waals surface area contributed by atoms with Gasteiger partial charge in [-0.1, -0.05) is 11.8 Å². The van der Waals surface area contributed by atoms with E-state index in [4.69, 9.17) is 5.73 Å². The summed E-state index contributed by atoms with van der Waals surface area (Å²) in [5.41, 5.74) is 5.89. The van der Waals surface area contributed by atoms with Gasteiger partial charge in [-0.15, -0.1) is 0 Å². The standard InChI is InChI=1S/C14H13FN4O/c1-19-13(6-8-17-19)18-14(20)12-9-11(15)5-4-10(12)3-2-7-16/h4-6,8-9H,7,16H2,1H3,(H,18,20). The first-order chi connectivity index (χ1) is 9.61. The topological polar surface area (TPSA) is 72.9 Å². The number of hydrogen-bond acceptors (Lipinski definition) is 3. The van der Waals surface area contributed by atoms with Gasteiger partial charge in [0.05, 0.1) is 18.3 Å². The zero-order valence-electron chi connectivity index (χ0n) is 10.9. The average Bonchev–Trinajstić information content (AvgIpc) is 2.83. The van der Waals surface area contributed by atoms with Crippen LogP contribution in [0.25, 0.3) is 0 Å². The van der Waals surface area contributed by atoms with Gasteiger partial charge in [0.25, 0.3) is 5.91 Å². The van der Waals surface area contributed by atoms with E-state index in [1.54, 1.807) is 19.3 Å². The molecule has 1 aromatic carbocycles. The molecule has 1 aromatic heterocycles. The molecule has 0 atom stereocenters. The molecular formula is C14H13FN4O. The van der Waals surface area contributed by atoms with Crippen molar-refractivity contribution in [3.05, 3.63) is 47.4 Å². The van der Waals surface area contributed by atoms with Crippen molar-refractivity contribution in [1.82, 2.24) is 9.78 Å². The maximum Gasteiger partial charge on any atom is 0.258 e. The van der Waals surface area contributed by atoms with Gasteiger partial charge in [0.1, 0.15) is 11.6 Å². The second-order valence-electron chi connectivity index (χ2n) is 3.99. The molecule has 3 N–H and O–H groups in total. The van der Waals surface area contributed by atoms with E-state index in [2.05, 4.69) is 22.3 Å². The highest BCUT2D eigenvalue weighted by Crippen LogP contribution is 2.13. The highest BCUT2D eigenvalue weighted by atomic mass is 19.1. The van der Waals surface area contributed by atoms with Crippen molar-refractivity contribution in [2.45, 2.75) is 0 Å². The average molecular weight is 272 g/mol. The molecule has 0 saturated heterocycles. The van der Waals surface area contributed by atoms with Crippen molar-refractivity contribution in [2.24, 2.45) is 12.8 Å². The van der Waals surface area contributed by atoms with E-state index in [1.807, 2.05) is 0 Å². The van der Waals surface area contributed by atoms with Crippen LogP contribution in [-0.4, -0.2) is 22.2 Å². The van der Waals surface area contributed by atoms with Crippen LogP contribution in [-0.2, 0) is 7.05 Å². The summed E-state index contributed by atoms with van der Waals surface area (Å²) in [6, 6.07) is 5.49. The number of aryl methyl sites for hydroxylation is 1. The van der Waals surface area contributed by atoms with E-state index in [-0.39, 0.29) is 12.1 Å². The fourth-order valence-electron chi connectivity index (χ4n) is 1.64. The van der Waals surface area contributed by atoms with E-state index in [0.717, 1.165) is 6.07 Å². The number of carbonyl (C=O) groups excluding carboxylic acids is 1. The van der Waals surface area contributed by atoms with Gasteiger partial charge in [-0.05, 0) is 18.2 Å². The monoisotopic (exact) mass is 272 g/mol. The smallest absolute Gasteiger partial charge is 0.258 e. The summed E-state index contributed by atoms with van der Waals surface area (Å²) in [6.45, 7) is 0.167. The number of aromatic nitrogens is 2. The maximum absolute atomic E-state index is 13.3. The van der Waals surface area contributed by atoms with Crippen LogP contribution in [0.4, 0.5) is 10.2 Å². The lowest BCUT2D eigenvalue weighted by atomic mass is 10.1. The number of amides is 1. The molecule has 0 spiro atoms. The lowest BCUT2D eigenvalue weighted by molar-refractivity contribution is 0.102. The lowest BCUT2D eigenvalue weighted by Gasteiger charge is -2.07. The first kappa shape index (κ1) is 13.8. The molecule has 20 heavy (non-hydrogen) atoms. The second-order valence-corrected chi connectivity index (χ2v) is 3.99. The van der Waals surface area contributed by atoms with Crippen LogP contribution in [0.2, 0.25) is 0 Å². The molecule has 1 amide bonds. The van der Waals surface area contributed by atoms with Crippen LogP contribution in [0, 0.1) is 17.7 Å². The summed E-state index contributed by atoms with van der Waals surface area (Å²) in [7, 11) is 1.69. The Hall–Kier alpha value is -2.65. The molecule has 2 rings (SSSR count). The highest BCUT2D eigenvalue weighted by Gasteiger charge is 2.13. The van der Waals surface area contributed by atoms with Crippen LogP contribution < -0.4 is 11.1 Å².